The molecule has 0 bridgehead atoms. The maximum atomic E-state index is 12.4. The minimum Gasteiger partial charge on any atom is -0.497 e. The number of carbonyl (C=O) groups is 2. The molecule has 0 amide bonds. The van der Waals surface area contributed by atoms with E-state index in [0.717, 1.165) is 18.9 Å². The fraction of sp³-hybridized carbons (Fsp3) is 0.263. The van der Waals surface area contributed by atoms with Crippen LogP contribution in [0.2, 0.25) is 0 Å². The van der Waals surface area contributed by atoms with Gasteiger partial charge in [-0.3, -0.25) is 14.9 Å². The number of para-hydroxylation sites is 1. The van der Waals surface area contributed by atoms with E-state index in [1.807, 2.05) is 0 Å². The van der Waals surface area contributed by atoms with Gasteiger partial charge < -0.3 is 14.2 Å². The van der Waals surface area contributed by atoms with E-state index in [4.69, 9.17) is 25.8 Å². The third-order valence-electron chi connectivity index (χ3n) is 3.84. The van der Waals surface area contributed by atoms with Crippen LogP contribution in [-0.2, 0) is 19.1 Å². The second-order valence-corrected chi connectivity index (χ2v) is 7.05. The molecule has 2 aromatic carbocycles. The minimum atomic E-state index is -1.37. The molecule has 0 spiro atoms. The molecule has 2 rings (SSSR count). The summed E-state index contributed by atoms with van der Waals surface area (Å²) in [4.78, 5) is 35.4. The molecule has 2 atom stereocenters. The van der Waals surface area contributed by atoms with Gasteiger partial charge in [-0.1, -0.05) is 24.3 Å². The van der Waals surface area contributed by atoms with Crippen LogP contribution in [-0.4, -0.2) is 43.1 Å². The molecule has 0 unspecified atom stereocenters. The van der Waals surface area contributed by atoms with Gasteiger partial charge in [0.2, 0.25) is 6.10 Å². The topological polar surface area (TPSA) is 105 Å². The summed E-state index contributed by atoms with van der Waals surface area (Å²) in [5, 5.41) is 10.6. The quantitative estimate of drug-likeness (QED) is 0.191. The van der Waals surface area contributed by atoms with Gasteiger partial charge in [-0.25, -0.2) is 4.79 Å². The standard InChI is InChI=1S/C19H18ClNO7S/c1-26-13-9-7-12(8-10-13)18(17(19(23)27-2)28-16(22)11-20)29-15-6-4-3-5-14(15)21(24)25/h3-10,17-18H,11H2,1-2H3/t17-,18+/m0/s1. The molecule has 0 N–H and O–H groups in total. The summed E-state index contributed by atoms with van der Waals surface area (Å²) in [6.45, 7) is 0. The van der Waals surface area contributed by atoms with Crippen molar-refractivity contribution in [2.45, 2.75) is 16.2 Å². The van der Waals surface area contributed by atoms with E-state index in [1.54, 1.807) is 36.4 Å². The third-order valence-corrected chi connectivity index (χ3v) is 5.43. The number of nitro benzene ring substituents is 1. The van der Waals surface area contributed by atoms with Gasteiger partial charge >= 0.3 is 11.9 Å². The molecule has 154 valence electrons. The molecule has 0 heterocycles. The fourth-order valence-electron chi connectivity index (χ4n) is 2.47. The lowest BCUT2D eigenvalue weighted by molar-refractivity contribution is -0.387. The zero-order valence-electron chi connectivity index (χ0n) is 15.6. The minimum absolute atomic E-state index is 0.136. The number of thioether (sulfide) groups is 1. The van der Waals surface area contributed by atoms with Crippen molar-refractivity contribution in [1.29, 1.82) is 0 Å². The average molecular weight is 440 g/mol. The van der Waals surface area contributed by atoms with Gasteiger partial charge in [0, 0.05) is 6.07 Å². The highest BCUT2D eigenvalue weighted by atomic mass is 35.5. The summed E-state index contributed by atoms with van der Waals surface area (Å²) in [5.41, 5.74) is 0.440. The predicted octanol–water partition coefficient (Wildman–Crippen LogP) is 3.76. The second kappa shape index (κ2) is 10.7. The van der Waals surface area contributed by atoms with E-state index in [-0.39, 0.29) is 5.69 Å². The Morgan fingerprint density at radius 1 is 1.14 bits per heavy atom. The molecule has 8 nitrogen and oxygen atoms in total. The van der Waals surface area contributed by atoms with Crippen LogP contribution < -0.4 is 4.74 Å². The number of alkyl halides is 1. The van der Waals surface area contributed by atoms with Gasteiger partial charge in [-0.2, -0.15) is 0 Å². The molecule has 0 aliphatic heterocycles. The number of methoxy groups -OCH3 is 2. The van der Waals surface area contributed by atoms with E-state index in [1.165, 1.54) is 19.2 Å². The highest BCUT2D eigenvalue weighted by Gasteiger charge is 2.36. The van der Waals surface area contributed by atoms with Crippen molar-refractivity contribution in [3.63, 3.8) is 0 Å². The first-order valence-electron chi connectivity index (χ1n) is 8.28. The van der Waals surface area contributed by atoms with Crippen LogP contribution in [0.3, 0.4) is 0 Å². The molecule has 0 saturated carbocycles. The van der Waals surface area contributed by atoms with Gasteiger partial charge in [0.05, 0.1) is 29.3 Å². The Morgan fingerprint density at radius 3 is 2.34 bits per heavy atom. The number of benzene rings is 2. The number of hydrogen-bond acceptors (Lipinski definition) is 8. The van der Waals surface area contributed by atoms with Crippen LogP contribution in [0.15, 0.2) is 53.4 Å². The number of nitrogens with zero attached hydrogens (tertiary/aromatic N) is 1. The van der Waals surface area contributed by atoms with Crippen molar-refractivity contribution in [1.82, 2.24) is 0 Å². The highest BCUT2D eigenvalue weighted by molar-refractivity contribution is 7.99. The Balaban J connectivity index is 2.52. The number of nitro groups is 1. The first-order valence-corrected chi connectivity index (χ1v) is 9.70. The lowest BCUT2D eigenvalue weighted by Crippen LogP contribution is -2.33. The number of rotatable bonds is 9. The second-order valence-electron chi connectivity index (χ2n) is 5.60. The molecule has 29 heavy (non-hydrogen) atoms. The van der Waals surface area contributed by atoms with E-state index in [2.05, 4.69) is 0 Å². The van der Waals surface area contributed by atoms with Crippen molar-refractivity contribution in [2.24, 2.45) is 0 Å². The van der Waals surface area contributed by atoms with Gasteiger partial charge in [-0.05, 0) is 23.8 Å². The zero-order chi connectivity index (χ0) is 21.4. The molecule has 0 radical (unpaired) electrons. The Morgan fingerprint density at radius 2 is 1.79 bits per heavy atom. The first-order chi connectivity index (χ1) is 13.9. The summed E-state index contributed by atoms with van der Waals surface area (Å²) in [6, 6.07) is 12.8. The van der Waals surface area contributed by atoms with E-state index < -0.39 is 34.1 Å². The van der Waals surface area contributed by atoms with E-state index >= 15 is 0 Å². The van der Waals surface area contributed by atoms with E-state index in [0.29, 0.717) is 16.2 Å². The fourth-order valence-corrected chi connectivity index (χ4v) is 3.81. The monoisotopic (exact) mass is 439 g/mol. The molecular weight excluding hydrogens is 422 g/mol. The smallest absolute Gasteiger partial charge is 0.348 e. The SMILES string of the molecule is COC(=O)[C@@H](OC(=O)CCl)[C@H](Sc1ccccc1[N+](=O)[O-])c1ccc(OC)cc1. The van der Waals surface area contributed by atoms with Gasteiger partial charge in [-0.15, -0.1) is 23.4 Å². The average Bonchev–Trinajstić information content (AvgIpc) is 2.75. The highest BCUT2D eigenvalue weighted by Crippen LogP contribution is 2.43. The van der Waals surface area contributed by atoms with Crippen LogP contribution in [0.4, 0.5) is 5.69 Å². The summed E-state index contributed by atoms with van der Waals surface area (Å²) in [5.74, 6) is -1.51. The Kier molecular flexibility index (Phi) is 8.29. The molecule has 0 aromatic heterocycles. The third kappa shape index (κ3) is 5.85. The molecule has 10 heteroatoms. The Bertz CT molecular complexity index is 875. The lowest BCUT2D eigenvalue weighted by atomic mass is 10.1. The van der Waals surface area contributed by atoms with Crippen LogP contribution in [0.1, 0.15) is 10.8 Å². The maximum Gasteiger partial charge on any atom is 0.348 e. The van der Waals surface area contributed by atoms with Crippen LogP contribution in [0.5, 0.6) is 5.75 Å². The summed E-state index contributed by atoms with van der Waals surface area (Å²) in [6.07, 6.45) is -1.37. The molecule has 0 aliphatic rings. The largest absolute Gasteiger partial charge is 0.497 e. The lowest BCUT2D eigenvalue weighted by Gasteiger charge is -2.25. The number of carbonyl (C=O) groups excluding carboxylic acids is 2. The zero-order valence-corrected chi connectivity index (χ0v) is 17.1. The molecule has 0 aliphatic carbocycles. The summed E-state index contributed by atoms with van der Waals surface area (Å²) < 4.78 is 15.2. The van der Waals surface area contributed by atoms with Gasteiger partial charge in [0.15, 0.2) is 0 Å². The van der Waals surface area contributed by atoms with Crippen molar-refractivity contribution >= 4 is 41.0 Å². The molecule has 0 saturated heterocycles. The summed E-state index contributed by atoms with van der Waals surface area (Å²) in [7, 11) is 2.67. The van der Waals surface area contributed by atoms with Crippen molar-refractivity contribution < 1.29 is 28.7 Å². The number of esters is 2. The first kappa shape index (κ1) is 22.5. The van der Waals surface area contributed by atoms with Crippen LogP contribution in [0.25, 0.3) is 0 Å². The van der Waals surface area contributed by atoms with Crippen molar-refractivity contribution in [3.05, 3.63) is 64.2 Å². The summed E-state index contributed by atoms with van der Waals surface area (Å²) >= 11 is 6.53. The van der Waals surface area contributed by atoms with Crippen LogP contribution in [0, 0.1) is 10.1 Å². The van der Waals surface area contributed by atoms with E-state index in [9.17, 15) is 19.7 Å². The number of hydrogen-bond donors (Lipinski definition) is 0. The van der Waals surface area contributed by atoms with Gasteiger partial charge in [0.25, 0.3) is 5.69 Å². The Labute approximate surface area is 176 Å². The number of ether oxygens (including phenoxy) is 3. The van der Waals surface area contributed by atoms with Crippen LogP contribution >= 0.6 is 23.4 Å². The van der Waals surface area contributed by atoms with Crippen molar-refractivity contribution in [3.8, 4) is 5.75 Å². The number of halogens is 1. The predicted molar refractivity (Wildman–Crippen MR) is 107 cm³/mol. The normalized spacial score (nSPS) is 12.5. The molecular formula is C19H18ClNO7S. The van der Waals surface area contributed by atoms with Gasteiger partial charge in [0.1, 0.15) is 11.6 Å². The Hall–Kier alpha value is -2.78. The molecule has 2 aromatic rings. The van der Waals surface area contributed by atoms with Crippen molar-refractivity contribution in [2.75, 3.05) is 20.1 Å². The molecule has 0 fully saturated rings. The maximum absolute atomic E-state index is 12.4.